The van der Waals surface area contributed by atoms with Crippen molar-refractivity contribution in [3.63, 3.8) is 0 Å². The third kappa shape index (κ3) is 4.46. The van der Waals surface area contributed by atoms with Gasteiger partial charge in [-0.25, -0.2) is 13.4 Å². The summed E-state index contributed by atoms with van der Waals surface area (Å²) >= 11 is 8.51. The van der Waals surface area contributed by atoms with Crippen molar-refractivity contribution in [1.29, 1.82) is 0 Å². The van der Waals surface area contributed by atoms with Crippen molar-refractivity contribution in [2.24, 2.45) is 0 Å². The van der Waals surface area contributed by atoms with E-state index in [0.29, 0.717) is 15.2 Å². The number of aryl methyl sites for hydroxylation is 1. The number of thiazole rings is 1. The molecule has 0 bridgehead atoms. The molecule has 1 amide bonds. The molecule has 0 unspecified atom stereocenters. The lowest BCUT2D eigenvalue weighted by molar-refractivity contribution is -0.113. The monoisotopic (exact) mass is 412 g/mol. The Morgan fingerprint density at radius 3 is 2.56 bits per heavy atom. The van der Waals surface area contributed by atoms with E-state index in [1.165, 1.54) is 34.8 Å². The van der Waals surface area contributed by atoms with Gasteiger partial charge >= 0.3 is 0 Å². The minimum absolute atomic E-state index is 0.126. The van der Waals surface area contributed by atoms with Crippen LogP contribution in [-0.2, 0) is 14.6 Å². The molecule has 0 fully saturated rings. The molecule has 5 nitrogen and oxygen atoms in total. The molecule has 3 rings (SSSR count). The molecular formula is C16H13ClN2O3S3. The summed E-state index contributed by atoms with van der Waals surface area (Å²) in [6, 6.07) is 10.0. The van der Waals surface area contributed by atoms with Crippen molar-refractivity contribution in [2.75, 3.05) is 11.1 Å². The van der Waals surface area contributed by atoms with Gasteiger partial charge in [0.05, 0.1) is 19.8 Å². The van der Waals surface area contributed by atoms with Crippen molar-refractivity contribution in [1.82, 2.24) is 4.98 Å². The van der Waals surface area contributed by atoms with Crippen LogP contribution >= 0.6 is 34.3 Å². The number of sulfone groups is 1. The molecule has 25 heavy (non-hydrogen) atoms. The largest absolute Gasteiger partial charge is 0.301 e. The van der Waals surface area contributed by atoms with Gasteiger partial charge in [-0.15, -0.1) is 22.7 Å². The number of benzene rings is 1. The summed E-state index contributed by atoms with van der Waals surface area (Å²) in [6.07, 6.45) is 0. The van der Waals surface area contributed by atoms with Gasteiger partial charge in [0.1, 0.15) is 5.75 Å². The lowest BCUT2D eigenvalue weighted by Gasteiger charge is -2.05. The molecule has 0 saturated heterocycles. The molecule has 3 aromatic rings. The van der Waals surface area contributed by atoms with Crippen LogP contribution in [0.3, 0.4) is 0 Å². The fourth-order valence-corrected chi connectivity index (χ4v) is 4.99. The van der Waals surface area contributed by atoms with Crippen LogP contribution in [0.15, 0.2) is 46.7 Å². The zero-order chi connectivity index (χ0) is 18.0. The maximum atomic E-state index is 12.3. The maximum absolute atomic E-state index is 12.3. The van der Waals surface area contributed by atoms with E-state index in [2.05, 4.69) is 10.3 Å². The minimum Gasteiger partial charge on any atom is -0.301 e. The second kappa shape index (κ2) is 7.25. The Morgan fingerprint density at radius 2 is 1.92 bits per heavy atom. The normalized spacial score (nSPS) is 11.4. The zero-order valence-corrected chi connectivity index (χ0v) is 16.2. The first-order chi connectivity index (χ1) is 11.8. The molecule has 1 aromatic carbocycles. The number of carbonyl (C=O) groups excluding carboxylic acids is 1. The molecule has 0 atom stereocenters. The fraction of sp³-hybridized carbons (Fsp3) is 0.125. The Balaban J connectivity index is 1.68. The fourth-order valence-electron chi connectivity index (χ4n) is 2.05. The minimum atomic E-state index is -3.69. The van der Waals surface area contributed by atoms with Crippen LogP contribution in [-0.4, -0.2) is 25.1 Å². The van der Waals surface area contributed by atoms with Crippen molar-refractivity contribution in [2.45, 2.75) is 11.8 Å². The molecule has 1 N–H and O–H groups in total. The number of thiophene rings is 1. The summed E-state index contributed by atoms with van der Waals surface area (Å²) in [6.45, 7) is 1.87. The first-order valence-corrected chi connectivity index (χ1v) is 10.9. The van der Waals surface area contributed by atoms with Crippen LogP contribution in [0.2, 0.25) is 4.34 Å². The highest BCUT2D eigenvalue weighted by atomic mass is 35.5. The molecule has 2 heterocycles. The third-order valence-corrected chi connectivity index (χ3v) is 6.92. The molecule has 130 valence electrons. The predicted octanol–water partition coefficient (Wildman–Crippen LogP) is 4.25. The van der Waals surface area contributed by atoms with E-state index in [1.807, 2.05) is 13.0 Å². The van der Waals surface area contributed by atoms with Crippen molar-refractivity contribution in [3.8, 4) is 10.6 Å². The van der Waals surface area contributed by atoms with E-state index in [0.717, 1.165) is 10.4 Å². The van der Waals surface area contributed by atoms with E-state index >= 15 is 0 Å². The number of rotatable bonds is 5. The average Bonchev–Trinajstić information content (AvgIpc) is 3.16. The predicted molar refractivity (Wildman–Crippen MR) is 102 cm³/mol. The number of aromatic nitrogens is 1. The number of nitrogens with zero attached hydrogens (tertiary/aromatic N) is 1. The van der Waals surface area contributed by atoms with Crippen LogP contribution in [0.5, 0.6) is 0 Å². The highest BCUT2D eigenvalue weighted by molar-refractivity contribution is 7.92. The smallest absolute Gasteiger partial charge is 0.241 e. The van der Waals surface area contributed by atoms with Crippen LogP contribution in [0, 0.1) is 6.92 Å². The van der Waals surface area contributed by atoms with E-state index in [-0.39, 0.29) is 4.90 Å². The third-order valence-electron chi connectivity index (χ3n) is 3.28. The van der Waals surface area contributed by atoms with Crippen LogP contribution in [0.4, 0.5) is 5.13 Å². The van der Waals surface area contributed by atoms with Gasteiger partial charge in [-0.1, -0.05) is 29.3 Å². The number of hydrogen-bond acceptors (Lipinski definition) is 6. The molecule has 0 aliphatic rings. The number of nitrogens with one attached hydrogen (secondary N) is 1. The van der Waals surface area contributed by atoms with Crippen LogP contribution in [0.1, 0.15) is 5.56 Å². The molecule has 9 heteroatoms. The Hall–Kier alpha value is -1.74. The van der Waals surface area contributed by atoms with Gasteiger partial charge in [-0.3, -0.25) is 4.79 Å². The summed E-state index contributed by atoms with van der Waals surface area (Å²) in [4.78, 5) is 17.4. The highest BCUT2D eigenvalue weighted by Gasteiger charge is 2.20. The Morgan fingerprint density at radius 1 is 1.20 bits per heavy atom. The Kier molecular flexibility index (Phi) is 5.24. The van der Waals surface area contributed by atoms with E-state index in [1.54, 1.807) is 23.6 Å². The Labute approximate surface area is 158 Å². The van der Waals surface area contributed by atoms with Crippen LogP contribution in [0.25, 0.3) is 10.6 Å². The van der Waals surface area contributed by atoms with Gasteiger partial charge in [0.25, 0.3) is 0 Å². The number of amides is 1. The standard InChI is InChI=1S/C16H13ClN2O3S3/c1-10-2-4-11(5-3-10)25(21,22)9-15(20)19-16-18-12(8-23-16)13-6-7-14(17)24-13/h2-8H,9H2,1H3,(H,18,19,20). The average molecular weight is 413 g/mol. The summed E-state index contributed by atoms with van der Waals surface area (Å²) in [7, 11) is -3.69. The lowest BCUT2D eigenvalue weighted by atomic mass is 10.2. The SMILES string of the molecule is Cc1ccc(S(=O)(=O)CC(=O)Nc2nc(-c3ccc(Cl)s3)cs2)cc1. The van der Waals surface area contributed by atoms with Gasteiger partial charge < -0.3 is 5.32 Å². The topological polar surface area (TPSA) is 76.1 Å². The van der Waals surface area contributed by atoms with Crippen molar-refractivity contribution in [3.05, 3.63) is 51.7 Å². The van der Waals surface area contributed by atoms with E-state index < -0.39 is 21.5 Å². The first-order valence-electron chi connectivity index (χ1n) is 7.14. The summed E-state index contributed by atoms with van der Waals surface area (Å²) in [5.74, 6) is -1.25. The molecule has 0 aliphatic heterocycles. The number of hydrogen-bond donors (Lipinski definition) is 1. The van der Waals surface area contributed by atoms with Crippen molar-refractivity contribution < 1.29 is 13.2 Å². The molecule has 0 aliphatic carbocycles. The van der Waals surface area contributed by atoms with Crippen molar-refractivity contribution >= 4 is 55.2 Å². The number of halogens is 1. The maximum Gasteiger partial charge on any atom is 0.241 e. The molecule has 2 aromatic heterocycles. The Bertz CT molecular complexity index is 1010. The zero-order valence-electron chi connectivity index (χ0n) is 13.0. The van der Waals surface area contributed by atoms with Gasteiger partial charge in [0.15, 0.2) is 15.0 Å². The molecule has 0 spiro atoms. The highest BCUT2D eigenvalue weighted by Crippen LogP contribution is 2.32. The van der Waals surface area contributed by atoms with E-state index in [9.17, 15) is 13.2 Å². The van der Waals surface area contributed by atoms with Gasteiger partial charge in [-0.2, -0.15) is 0 Å². The van der Waals surface area contributed by atoms with Gasteiger partial charge in [0.2, 0.25) is 5.91 Å². The van der Waals surface area contributed by atoms with Gasteiger partial charge in [-0.05, 0) is 31.2 Å². The lowest BCUT2D eigenvalue weighted by Crippen LogP contribution is -2.22. The molecule has 0 radical (unpaired) electrons. The second-order valence-electron chi connectivity index (χ2n) is 5.26. The molecule has 0 saturated carbocycles. The summed E-state index contributed by atoms with van der Waals surface area (Å²) < 4.78 is 25.2. The van der Waals surface area contributed by atoms with Crippen LogP contribution < -0.4 is 5.32 Å². The quantitative estimate of drug-likeness (QED) is 0.679. The number of carbonyl (C=O) groups is 1. The van der Waals surface area contributed by atoms with E-state index in [4.69, 9.17) is 11.6 Å². The number of anilines is 1. The first kappa shape index (κ1) is 18.1. The molecular weight excluding hydrogens is 400 g/mol. The van der Waals surface area contributed by atoms with Gasteiger partial charge in [0, 0.05) is 5.38 Å². The summed E-state index contributed by atoms with van der Waals surface area (Å²) in [5, 5.41) is 4.67. The second-order valence-corrected chi connectivity index (χ2v) is 9.82. The summed E-state index contributed by atoms with van der Waals surface area (Å²) in [5.41, 5.74) is 1.64.